The van der Waals surface area contributed by atoms with Gasteiger partial charge in [0.25, 0.3) is 0 Å². The van der Waals surface area contributed by atoms with Crippen molar-refractivity contribution >= 4 is 95.9 Å². The van der Waals surface area contributed by atoms with Crippen molar-refractivity contribution in [2.24, 2.45) is 0 Å². The van der Waals surface area contributed by atoms with Crippen molar-refractivity contribution in [2.75, 3.05) is 0 Å². The summed E-state index contributed by atoms with van der Waals surface area (Å²) >= 11 is 3.70. The number of hydrogen-bond acceptors (Lipinski definition) is 6. The number of fused-ring (bicyclic) bond motifs is 12. The summed E-state index contributed by atoms with van der Waals surface area (Å²) in [4.78, 5) is 21.8. The first kappa shape index (κ1) is 51.5. The SMILES string of the molecule is CC1(C)c2cc(-c3nc4ccc(-c5cc(-c6cccc(-c7cccc(-c8nc9ccccc9nc8-c8ccccc8)c7)c6)c6c(c5)sc5ccccc56)cc4nc3-c3ccc(-c4cccc5sc6ccccc6c45)cc3)ccc2-c2cc3ccccc3cc21. The molecule has 4 nitrogen and oxygen atoms in total. The van der Waals surface area contributed by atoms with Gasteiger partial charge in [0.1, 0.15) is 0 Å². The Morgan fingerprint density at radius 3 is 1.45 bits per heavy atom. The molecule has 0 amide bonds. The van der Waals surface area contributed by atoms with Crippen molar-refractivity contribution < 1.29 is 0 Å². The van der Waals surface area contributed by atoms with Gasteiger partial charge >= 0.3 is 0 Å². The van der Waals surface area contributed by atoms with Gasteiger partial charge in [-0.3, -0.25) is 0 Å². The van der Waals surface area contributed by atoms with Crippen molar-refractivity contribution in [1.82, 2.24) is 19.9 Å². The summed E-state index contributed by atoms with van der Waals surface area (Å²) < 4.78 is 5.09. The van der Waals surface area contributed by atoms with Gasteiger partial charge in [-0.05, 0) is 162 Å². The van der Waals surface area contributed by atoms with E-state index in [9.17, 15) is 0 Å². The molecule has 89 heavy (non-hydrogen) atoms. The molecule has 0 saturated heterocycles. The molecular formula is C83H52N4S2. The number of hydrogen-bond donors (Lipinski definition) is 0. The van der Waals surface area contributed by atoms with Gasteiger partial charge in [-0.2, -0.15) is 0 Å². The molecule has 0 spiro atoms. The Balaban J connectivity index is 0.772. The highest BCUT2D eigenvalue weighted by atomic mass is 32.1. The number of rotatable bonds is 8. The summed E-state index contributed by atoms with van der Waals surface area (Å²) in [5, 5.41) is 7.62. The van der Waals surface area contributed by atoms with E-state index in [-0.39, 0.29) is 5.41 Å². The van der Waals surface area contributed by atoms with Gasteiger partial charge in [0.15, 0.2) is 0 Å². The molecule has 0 unspecified atom stereocenters. The summed E-state index contributed by atoms with van der Waals surface area (Å²) in [5.74, 6) is 0. The van der Waals surface area contributed by atoms with Crippen molar-refractivity contribution in [3.05, 3.63) is 290 Å². The van der Waals surface area contributed by atoms with Gasteiger partial charge in [-0.15, -0.1) is 22.7 Å². The summed E-state index contributed by atoms with van der Waals surface area (Å²) in [5.41, 5.74) is 25.2. The lowest BCUT2D eigenvalue weighted by atomic mass is 9.81. The predicted molar refractivity (Wildman–Crippen MR) is 377 cm³/mol. The highest BCUT2D eigenvalue weighted by Crippen LogP contribution is 2.52. The normalized spacial score (nSPS) is 12.7. The monoisotopic (exact) mass is 1170 g/mol. The third-order valence-electron chi connectivity index (χ3n) is 18.4. The van der Waals surface area contributed by atoms with E-state index in [1.54, 1.807) is 0 Å². The van der Waals surface area contributed by atoms with Gasteiger partial charge < -0.3 is 0 Å². The lowest BCUT2D eigenvalue weighted by Crippen LogP contribution is -2.15. The molecule has 4 heterocycles. The minimum atomic E-state index is -0.222. The Morgan fingerprint density at radius 2 is 0.719 bits per heavy atom. The van der Waals surface area contributed by atoms with Gasteiger partial charge in [0.05, 0.1) is 44.8 Å². The number of thiophene rings is 2. The van der Waals surface area contributed by atoms with Crippen LogP contribution in [-0.4, -0.2) is 19.9 Å². The summed E-state index contributed by atoms with van der Waals surface area (Å²) in [6.45, 7) is 4.73. The number of para-hydroxylation sites is 2. The molecule has 0 fully saturated rings. The molecular weight excluding hydrogens is 1120 g/mol. The first-order valence-corrected chi connectivity index (χ1v) is 32.0. The van der Waals surface area contributed by atoms with Gasteiger partial charge in [-0.1, -0.05) is 208 Å². The van der Waals surface area contributed by atoms with E-state index in [1.165, 1.54) is 90.1 Å². The maximum atomic E-state index is 5.72. The Kier molecular flexibility index (Phi) is 11.7. The topological polar surface area (TPSA) is 51.6 Å². The summed E-state index contributed by atoms with van der Waals surface area (Å²) in [7, 11) is 0. The first-order chi connectivity index (χ1) is 43.8. The zero-order valence-electron chi connectivity index (χ0n) is 48.7. The third-order valence-corrected chi connectivity index (χ3v) is 20.7. The molecule has 17 aromatic rings. The predicted octanol–water partition coefficient (Wildman–Crippen LogP) is 23.1. The lowest BCUT2D eigenvalue weighted by molar-refractivity contribution is 0.661. The minimum Gasteiger partial charge on any atom is -0.244 e. The van der Waals surface area contributed by atoms with Crippen LogP contribution in [0.1, 0.15) is 25.0 Å². The minimum absolute atomic E-state index is 0.222. The van der Waals surface area contributed by atoms with E-state index in [1.807, 2.05) is 53.0 Å². The zero-order chi connectivity index (χ0) is 58.9. The molecule has 0 atom stereocenters. The largest absolute Gasteiger partial charge is 0.244 e. The van der Waals surface area contributed by atoms with E-state index in [0.29, 0.717) is 0 Å². The van der Waals surface area contributed by atoms with Crippen molar-refractivity contribution in [1.29, 1.82) is 0 Å². The van der Waals surface area contributed by atoms with Crippen LogP contribution >= 0.6 is 22.7 Å². The summed E-state index contributed by atoms with van der Waals surface area (Å²) in [6, 6.07) is 101. The number of aromatic nitrogens is 4. The Morgan fingerprint density at radius 1 is 0.247 bits per heavy atom. The smallest absolute Gasteiger partial charge is 0.0973 e. The quantitative estimate of drug-likeness (QED) is 0.152. The molecule has 0 saturated carbocycles. The van der Waals surface area contributed by atoms with Crippen LogP contribution in [0.2, 0.25) is 0 Å². The molecule has 0 N–H and O–H groups in total. The molecule has 416 valence electrons. The highest BCUT2D eigenvalue weighted by Gasteiger charge is 2.36. The van der Waals surface area contributed by atoms with Gasteiger partial charge in [0.2, 0.25) is 0 Å². The molecule has 6 heteroatoms. The van der Waals surface area contributed by atoms with E-state index < -0.39 is 0 Å². The van der Waals surface area contributed by atoms with Crippen LogP contribution in [0.4, 0.5) is 0 Å². The van der Waals surface area contributed by atoms with Crippen LogP contribution in [0, 0.1) is 0 Å². The van der Waals surface area contributed by atoms with Crippen LogP contribution in [0.5, 0.6) is 0 Å². The second kappa shape index (κ2) is 20.2. The molecule has 18 rings (SSSR count). The number of nitrogens with zero attached hydrogens (tertiary/aromatic N) is 4. The van der Waals surface area contributed by atoms with Crippen LogP contribution < -0.4 is 0 Å². The molecule has 0 aliphatic heterocycles. The molecule has 0 bridgehead atoms. The fourth-order valence-corrected chi connectivity index (χ4v) is 16.3. The maximum Gasteiger partial charge on any atom is 0.0973 e. The average Bonchev–Trinajstić information content (AvgIpc) is 1.64. The Labute approximate surface area is 522 Å². The maximum absolute atomic E-state index is 5.72. The molecule has 4 aromatic heterocycles. The highest BCUT2D eigenvalue weighted by molar-refractivity contribution is 7.26. The zero-order valence-corrected chi connectivity index (χ0v) is 50.3. The van der Waals surface area contributed by atoms with Gasteiger partial charge in [-0.25, -0.2) is 19.9 Å². The Bertz CT molecular complexity index is 5780. The van der Waals surface area contributed by atoms with Crippen LogP contribution in [-0.2, 0) is 5.41 Å². The summed E-state index contributed by atoms with van der Waals surface area (Å²) in [6.07, 6.45) is 0. The number of benzene rings is 13. The Hall–Kier alpha value is -10.8. The van der Waals surface area contributed by atoms with Crippen LogP contribution in [0.15, 0.2) is 279 Å². The van der Waals surface area contributed by atoms with Crippen LogP contribution in [0.3, 0.4) is 0 Å². The van der Waals surface area contributed by atoms with Crippen molar-refractivity contribution in [3.8, 4) is 101 Å². The molecule has 13 aromatic carbocycles. The molecule has 0 radical (unpaired) electrons. The fraction of sp³-hybridized carbons (Fsp3) is 0.0361. The van der Waals surface area contributed by atoms with E-state index in [0.717, 1.165) is 94.9 Å². The standard InChI is InChI=1S/C83H52N4S2/c1-83(2)67-46-59(37-39-62(67)66-43-54-19-6-7-20-55(54)45-68(66)83)82-80(51-35-33-49(34-36-51)61-27-16-32-75-77(61)63-25-8-12-30-73(63)88-75)87-72-47-56(38-40-71(72)86-82)60-44-65(78-64-26-9-13-31-74(64)89-76(78)48-60)57-23-14-21-52(41-57)53-22-15-24-58(42-53)81-79(50-17-4-3-5-18-50)84-69-28-10-11-29-70(69)85-81/h3-48H,1-2H3. The van der Waals surface area contributed by atoms with Crippen molar-refractivity contribution in [2.45, 2.75) is 19.3 Å². The van der Waals surface area contributed by atoms with Crippen LogP contribution in [0.25, 0.3) is 174 Å². The fourth-order valence-electron chi connectivity index (χ4n) is 14.0. The first-order valence-electron chi connectivity index (χ1n) is 30.3. The average molecular weight is 1170 g/mol. The second-order valence-corrected chi connectivity index (χ2v) is 26.2. The van der Waals surface area contributed by atoms with E-state index >= 15 is 0 Å². The molecule has 1 aliphatic carbocycles. The lowest BCUT2D eigenvalue weighted by Gasteiger charge is -2.22. The van der Waals surface area contributed by atoms with E-state index in [4.69, 9.17) is 19.9 Å². The van der Waals surface area contributed by atoms with E-state index in [2.05, 4.69) is 263 Å². The third kappa shape index (κ3) is 8.47. The molecule has 1 aliphatic rings. The second-order valence-electron chi connectivity index (χ2n) is 24.0. The van der Waals surface area contributed by atoms with Gasteiger partial charge in [0, 0.05) is 68.0 Å². The van der Waals surface area contributed by atoms with Crippen molar-refractivity contribution in [3.63, 3.8) is 0 Å².